The van der Waals surface area contributed by atoms with E-state index >= 15 is 0 Å². The molecule has 5 nitrogen and oxygen atoms in total. The Hall–Kier alpha value is -3.12. The lowest BCUT2D eigenvalue weighted by atomic mass is 9.95. The minimum absolute atomic E-state index is 0. The average Bonchev–Trinajstić information content (AvgIpc) is 3.11. The van der Waals surface area contributed by atoms with Gasteiger partial charge in [0.15, 0.2) is 5.78 Å². The van der Waals surface area contributed by atoms with Gasteiger partial charge in [-0.3, -0.25) is 10.2 Å². The van der Waals surface area contributed by atoms with Crippen molar-refractivity contribution < 1.29 is 31.2 Å². The molecule has 1 aliphatic heterocycles. The highest BCUT2D eigenvalue weighted by atomic mass is 79.9. The van der Waals surface area contributed by atoms with Crippen LogP contribution in [0.25, 0.3) is 0 Å². The Morgan fingerprint density at radius 3 is 2.03 bits per heavy atom. The second-order valence-corrected chi connectivity index (χ2v) is 6.90. The Bertz CT molecular complexity index is 1050. The monoisotopic (exact) mass is 465 g/mol. The van der Waals surface area contributed by atoms with E-state index in [1.807, 2.05) is 53.4 Å². The van der Waals surface area contributed by atoms with Crippen molar-refractivity contribution in [2.24, 2.45) is 0 Å². The molecule has 1 aliphatic rings. The number of ether oxygens (including phenoxy) is 2. The molecule has 1 heterocycles. The van der Waals surface area contributed by atoms with Crippen LogP contribution in [0.3, 0.4) is 0 Å². The molecule has 0 bridgehead atoms. The van der Waals surface area contributed by atoms with Crippen molar-refractivity contribution in [2.45, 2.75) is 12.6 Å². The summed E-state index contributed by atoms with van der Waals surface area (Å²) in [5, 5.41) is 8.69. The van der Waals surface area contributed by atoms with Crippen LogP contribution in [0.4, 0.5) is 0 Å². The fraction of sp³-hybridized carbons (Fsp3) is 0.167. The number of Topliss-reactive ketones (excluding diaryl/α,β-unsaturated/α-hetero) is 1. The third-order valence-corrected chi connectivity index (χ3v) is 5.27. The van der Waals surface area contributed by atoms with Crippen molar-refractivity contribution in [2.75, 3.05) is 14.2 Å². The first-order valence-corrected chi connectivity index (χ1v) is 9.38. The predicted molar refractivity (Wildman–Crippen MR) is 112 cm³/mol. The number of amidine groups is 1. The van der Waals surface area contributed by atoms with Gasteiger partial charge in [0.2, 0.25) is 0 Å². The summed E-state index contributed by atoms with van der Waals surface area (Å²) in [7, 11) is 3.21. The molecule has 0 amide bonds. The summed E-state index contributed by atoms with van der Waals surface area (Å²) in [6, 6.07) is 21.8. The normalized spacial score (nSPS) is 13.3. The highest BCUT2D eigenvalue weighted by Crippen LogP contribution is 2.34. The Kier molecular flexibility index (Phi) is 6.57. The van der Waals surface area contributed by atoms with Crippen molar-refractivity contribution in [1.29, 1.82) is 5.41 Å². The van der Waals surface area contributed by atoms with E-state index in [-0.39, 0.29) is 22.8 Å². The van der Waals surface area contributed by atoms with Gasteiger partial charge >= 0.3 is 0 Å². The van der Waals surface area contributed by atoms with Gasteiger partial charge in [-0.15, -0.1) is 0 Å². The van der Waals surface area contributed by atoms with E-state index in [1.54, 1.807) is 38.5 Å². The maximum atomic E-state index is 13.6. The number of benzene rings is 3. The largest absolute Gasteiger partial charge is 1.00 e. The second kappa shape index (κ2) is 9.13. The Balaban J connectivity index is 0.00000256. The van der Waals surface area contributed by atoms with Crippen molar-refractivity contribution in [1.82, 2.24) is 4.90 Å². The average molecular weight is 466 g/mol. The highest BCUT2D eigenvalue weighted by molar-refractivity contribution is 6.07. The number of nitrogens with zero attached hydrogens (tertiary/aromatic N) is 1. The van der Waals surface area contributed by atoms with Crippen molar-refractivity contribution in [3.8, 4) is 11.5 Å². The number of nitrogens with one attached hydrogen (secondary N) is 1. The molecule has 0 saturated heterocycles. The predicted octanol–water partition coefficient (Wildman–Crippen LogP) is 1.47. The van der Waals surface area contributed by atoms with Gasteiger partial charge in [0, 0.05) is 17.7 Å². The van der Waals surface area contributed by atoms with E-state index < -0.39 is 6.04 Å². The summed E-state index contributed by atoms with van der Waals surface area (Å²) in [6.07, 6.45) is 0. The maximum Gasteiger partial charge on any atom is 0.189 e. The van der Waals surface area contributed by atoms with Gasteiger partial charge in [0.1, 0.15) is 23.4 Å². The standard InChI is InChI=1S/C24H22N2O3.BrH/c1-28-19-11-7-16(8-12-19)22(23(27)17-9-13-20(29-2)14-10-17)26-15-18-5-3-4-6-21(18)24(26)25;/h3-14,22,25H,15H2,1-2H3;1H/p-1. The lowest BCUT2D eigenvalue weighted by molar-refractivity contribution is -0.0000147. The molecule has 1 atom stereocenters. The van der Waals surface area contributed by atoms with E-state index in [0.717, 1.165) is 22.4 Å². The molecule has 3 aromatic carbocycles. The molecule has 154 valence electrons. The summed E-state index contributed by atoms with van der Waals surface area (Å²) in [6.45, 7) is 0.521. The minimum atomic E-state index is -0.603. The van der Waals surface area contributed by atoms with Crippen LogP contribution in [0, 0.1) is 5.41 Å². The summed E-state index contributed by atoms with van der Waals surface area (Å²) >= 11 is 0. The molecule has 6 heteroatoms. The molecular formula is C24H22BrN2O3-. The first-order chi connectivity index (χ1) is 14.1. The van der Waals surface area contributed by atoms with E-state index in [9.17, 15) is 4.79 Å². The Morgan fingerprint density at radius 1 is 0.900 bits per heavy atom. The number of methoxy groups -OCH3 is 2. The number of fused-ring (bicyclic) bond motifs is 1. The smallest absolute Gasteiger partial charge is 0.189 e. The third kappa shape index (κ3) is 3.96. The molecule has 0 fully saturated rings. The van der Waals surface area contributed by atoms with Gasteiger partial charge in [0.05, 0.1) is 14.2 Å². The van der Waals surface area contributed by atoms with Gasteiger partial charge in [-0.05, 0) is 47.5 Å². The molecule has 0 spiro atoms. The van der Waals surface area contributed by atoms with Crippen LogP contribution in [0.5, 0.6) is 11.5 Å². The van der Waals surface area contributed by atoms with Crippen LogP contribution >= 0.6 is 0 Å². The zero-order valence-electron chi connectivity index (χ0n) is 16.8. The molecule has 30 heavy (non-hydrogen) atoms. The van der Waals surface area contributed by atoms with E-state index in [1.165, 1.54) is 0 Å². The van der Waals surface area contributed by atoms with Crippen LogP contribution in [0.1, 0.15) is 33.1 Å². The second-order valence-electron chi connectivity index (χ2n) is 6.90. The number of carbonyl (C=O) groups is 1. The Labute approximate surface area is 186 Å². The van der Waals surface area contributed by atoms with E-state index in [4.69, 9.17) is 14.9 Å². The molecule has 1 N–H and O–H groups in total. The van der Waals surface area contributed by atoms with Gasteiger partial charge in [-0.1, -0.05) is 36.4 Å². The summed E-state index contributed by atoms with van der Waals surface area (Å²) in [5.41, 5.74) is 3.33. The number of ketones is 1. The minimum Gasteiger partial charge on any atom is -1.00 e. The maximum absolute atomic E-state index is 13.6. The van der Waals surface area contributed by atoms with Crippen LogP contribution < -0.4 is 26.5 Å². The third-order valence-electron chi connectivity index (χ3n) is 5.27. The van der Waals surface area contributed by atoms with Gasteiger partial charge in [0.25, 0.3) is 0 Å². The van der Waals surface area contributed by atoms with Crippen molar-refractivity contribution in [3.63, 3.8) is 0 Å². The molecule has 4 rings (SSSR count). The number of hydrogen-bond acceptors (Lipinski definition) is 4. The van der Waals surface area contributed by atoms with Crippen LogP contribution in [0.15, 0.2) is 72.8 Å². The number of halogens is 1. The van der Waals surface area contributed by atoms with Crippen LogP contribution in [-0.4, -0.2) is 30.7 Å². The molecule has 3 aromatic rings. The first kappa shape index (κ1) is 21.6. The fourth-order valence-corrected chi connectivity index (χ4v) is 3.70. The summed E-state index contributed by atoms with van der Waals surface area (Å²) in [4.78, 5) is 15.4. The van der Waals surface area contributed by atoms with Crippen LogP contribution in [0.2, 0.25) is 0 Å². The first-order valence-electron chi connectivity index (χ1n) is 9.38. The molecule has 0 aromatic heterocycles. The number of carbonyl (C=O) groups excluding carboxylic acids is 1. The molecule has 0 aliphatic carbocycles. The number of hydrogen-bond donors (Lipinski definition) is 1. The van der Waals surface area contributed by atoms with Crippen molar-refractivity contribution in [3.05, 3.63) is 95.1 Å². The van der Waals surface area contributed by atoms with E-state index in [2.05, 4.69) is 0 Å². The summed E-state index contributed by atoms with van der Waals surface area (Å²) < 4.78 is 10.5. The lowest BCUT2D eigenvalue weighted by Crippen LogP contribution is -3.00. The van der Waals surface area contributed by atoms with Gasteiger partial charge in [-0.2, -0.15) is 0 Å². The topological polar surface area (TPSA) is 62.6 Å². The molecule has 0 saturated carbocycles. The van der Waals surface area contributed by atoms with Crippen molar-refractivity contribution >= 4 is 11.6 Å². The SMILES string of the molecule is COc1ccc(C(=O)C(c2ccc(OC)cc2)N2Cc3ccccc3C2=N)cc1.[Br-]. The molecular weight excluding hydrogens is 444 g/mol. The zero-order valence-corrected chi connectivity index (χ0v) is 18.3. The van der Waals surface area contributed by atoms with Gasteiger partial charge in [-0.25, -0.2) is 0 Å². The fourth-order valence-electron chi connectivity index (χ4n) is 3.70. The molecule has 1 unspecified atom stereocenters. The highest BCUT2D eigenvalue weighted by Gasteiger charge is 2.35. The Morgan fingerprint density at radius 2 is 1.47 bits per heavy atom. The van der Waals surface area contributed by atoms with E-state index in [0.29, 0.717) is 23.7 Å². The summed E-state index contributed by atoms with van der Waals surface area (Å²) in [5.74, 6) is 1.73. The molecule has 0 radical (unpaired) electrons. The lowest BCUT2D eigenvalue weighted by Gasteiger charge is -2.29. The van der Waals surface area contributed by atoms with Crippen LogP contribution in [-0.2, 0) is 6.54 Å². The zero-order chi connectivity index (χ0) is 20.4. The van der Waals surface area contributed by atoms with Gasteiger partial charge < -0.3 is 31.4 Å². The number of rotatable bonds is 6. The quantitative estimate of drug-likeness (QED) is 0.560.